The Morgan fingerprint density at radius 3 is 2.46 bits per heavy atom. The van der Waals surface area contributed by atoms with Gasteiger partial charge in [-0.3, -0.25) is 19.8 Å². The molecule has 0 spiro atoms. The van der Waals surface area contributed by atoms with Crippen LogP contribution in [0.15, 0.2) is 24.3 Å². The minimum Gasteiger partial charge on any atom is -0.449 e. The number of hydrogen-bond acceptors (Lipinski definition) is 6. The number of carbonyl (C=O) groups is 2. The highest BCUT2D eigenvalue weighted by molar-refractivity contribution is 5.93. The number of benzene rings is 1. The van der Waals surface area contributed by atoms with Crippen molar-refractivity contribution in [2.45, 2.75) is 31.8 Å². The number of carbonyl (C=O) groups excluding carboxylic acids is 2. The third kappa shape index (κ3) is 5.08. The van der Waals surface area contributed by atoms with Crippen molar-refractivity contribution >= 4 is 17.6 Å². The van der Waals surface area contributed by atoms with Gasteiger partial charge in [-0.05, 0) is 38.1 Å². The number of piperidine rings is 1. The number of amides is 1. The van der Waals surface area contributed by atoms with Crippen LogP contribution in [0.5, 0.6) is 0 Å². The Morgan fingerprint density at radius 1 is 1.11 bits per heavy atom. The van der Waals surface area contributed by atoms with Crippen molar-refractivity contribution in [1.29, 1.82) is 0 Å². The molecule has 0 radical (unpaired) electrons. The van der Waals surface area contributed by atoms with E-state index in [1.807, 2.05) is 0 Å². The molecule has 0 N–H and O–H groups in total. The normalized spacial score (nSPS) is 19.8. The number of hydrogen-bond donors (Lipinski definition) is 0. The zero-order chi connectivity index (χ0) is 19.9. The molecular formula is C20H23N3O5. The summed E-state index contributed by atoms with van der Waals surface area (Å²) in [5, 5.41) is 10.7. The number of likely N-dealkylation sites (tertiary alicyclic amines) is 2. The average molecular weight is 385 g/mol. The predicted octanol–water partition coefficient (Wildman–Crippen LogP) is 1.84. The van der Waals surface area contributed by atoms with Gasteiger partial charge in [-0.15, -0.1) is 0 Å². The second kappa shape index (κ2) is 9.33. The lowest BCUT2D eigenvalue weighted by atomic mass is 10.1. The Labute approximate surface area is 163 Å². The van der Waals surface area contributed by atoms with Crippen LogP contribution in [0.2, 0.25) is 0 Å². The number of non-ortho nitro benzene ring substituents is 1. The summed E-state index contributed by atoms with van der Waals surface area (Å²) in [4.78, 5) is 38.6. The molecule has 8 nitrogen and oxygen atoms in total. The Kier molecular flexibility index (Phi) is 6.61. The summed E-state index contributed by atoms with van der Waals surface area (Å²) in [6.07, 6.45) is 3.31. The van der Waals surface area contributed by atoms with Crippen molar-refractivity contribution in [3.8, 4) is 11.8 Å². The van der Waals surface area contributed by atoms with E-state index < -0.39 is 17.0 Å². The van der Waals surface area contributed by atoms with E-state index in [-0.39, 0.29) is 17.2 Å². The Morgan fingerprint density at radius 2 is 1.79 bits per heavy atom. The summed E-state index contributed by atoms with van der Waals surface area (Å²) in [6.45, 7) is 3.71. The van der Waals surface area contributed by atoms with Crippen molar-refractivity contribution < 1.29 is 19.2 Å². The summed E-state index contributed by atoms with van der Waals surface area (Å²) in [5.74, 6) is 5.25. The van der Waals surface area contributed by atoms with Crippen LogP contribution in [-0.2, 0) is 9.53 Å². The summed E-state index contributed by atoms with van der Waals surface area (Å²) in [5.41, 5.74) is 0.0703. The topological polar surface area (TPSA) is 93.0 Å². The largest absolute Gasteiger partial charge is 0.449 e. The molecule has 1 aromatic carbocycles. The first-order valence-electron chi connectivity index (χ1n) is 9.47. The fraction of sp³-hybridized carbons (Fsp3) is 0.500. The molecule has 0 saturated carbocycles. The van der Waals surface area contributed by atoms with Gasteiger partial charge in [-0.25, -0.2) is 4.79 Å². The molecule has 0 bridgehead atoms. The van der Waals surface area contributed by atoms with Crippen molar-refractivity contribution in [1.82, 2.24) is 9.80 Å². The van der Waals surface area contributed by atoms with E-state index in [2.05, 4.69) is 16.7 Å². The molecule has 8 heteroatoms. The lowest BCUT2D eigenvalue weighted by molar-refractivity contribution is -0.384. The van der Waals surface area contributed by atoms with Crippen LogP contribution in [-0.4, -0.2) is 65.4 Å². The fourth-order valence-corrected chi connectivity index (χ4v) is 3.33. The molecule has 148 valence electrons. The van der Waals surface area contributed by atoms with Gasteiger partial charge < -0.3 is 9.64 Å². The summed E-state index contributed by atoms with van der Waals surface area (Å²) in [7, 11) is 0. The minimum atomic E-state index is -0.827. The number of nitro groups is 1. The van der Waals surface area contributed by atoms with Gasteiger partial charge in [0.05, 0.1) is 23.6 Å². The highest BCUT2D eigenvalue weighted by atomic mass is 16.6. The molecule has 1 unspecified atom stereocenters. The highest BCUT2D eigenvalue weighted by Crippen LogP contribution is 2.18. The standard InChI is InChI=1S/C20H23N3O5/c24-19-18(28-20(25)16-6-8-17(9-7-16)23(26)27)10-15-22(19)14-5-4-13-21-11-2-1-3-12-21/h6-9,18H,1-3,10-15H2. The zero-order valence-corrected chi connectivity index (χ0v) is 15.6. The number of esters is 1. The van der Waals surface area contributed by atoms with Crippen LogP contribution in [0.3, 0.4) is 0 Å². The van der Waals surface area contributed by atoms with Crippen molar-refractivity contribution in [2.75, 3.05) is 32.7 Å². The monoisotopic (exact) mass is 385 g/mol. The molecule has 2 fully saturated rings. The maximum Gasteiger partial charge on any atom is 0.338 e. The predicted molar refractivity (Wildman–Crippen MR) is 102 cm³/mol. The summed E-state index contributed by atoms with van der Waals surface area (Å²) < 4.78 is 5.29. The fourth-order valence-electron chi connectivity index (χ4n) is 3.33. The first-order valence-corrected chi connectivity index (χ1v) is 9.47. The van der Waals surface area contributed by atoms with E-state index in [1.54, 1.807) is 4.90 Å². The van der Waals surface area contributed by atoms with Crippen LogP contribution in [0.25, 0.3) is 0 Å². The molecule has 0 aliphatic carbocycles. The third-order valence-corrected chi connectivity index (χ3v) is 4.96. The Hall–Kier alpha value is -2.92. The zero-order valence-electron chi connectivity index (χ0n) is 15.6. The summed E-state index contributed by atoms with van der Waals surface area (Å²) in [6, 6.07) is 5.11. The van der Waals surface area contributed by atoms with Gasteiger partial charge in [0, 0.05) is 25.1 Å². The van der Waals surface area contributed by atoms with Gasteiger partial charge in [-0.2, -0.15) is 0 Å². The maximum absolute atomic E-state index is 12.4. The van der Waals surface area contributed by atoms with Crippen LogP contribution < -0.4 is 0 Å². The van der Waals surface area contributed by atoms with E-state index in [1.165, 1.54) is 43.5 Å². The van der Waals surface area contributed by atoms with E-state index in [9.17, 15) is 19.7 Å². The third-order valence-electron chi connectivity index (χ3n) is 4.96. The van der Waals surface area contributed by atoms with Crippen molar-refractivity contribution in [2.24, 2.45) is 0 Å². The lowest BCUT2D eigenvalue weighted by Crippen LogP contribution is -2.32. The van der Waals surface area contributed by atoms with E-state index in [0.717, 1.165) is 19.6 Å². The van der Waals surface area contributed by atoms with Gasteiger partial charge in [0.15, 0.2) is 6.10 Å². The molecule has 3 rings (SSSR count). The molecule has 1 aromatic rings. The molecule has 2 aliphatic heterocycles. The van der Waals surface area contributed by atoms with Crippen LogP contribution in [0.4, 0.5) is 5.69 Å². The van der Waals surface area contributed by atoms with E-state index in [4.69, 9.17) is 4.74 Å². The maximum atomic E-state index is 12.4. The van der Waals surface area contributed by atoms with Crippen LogP contribution in [0.1, 0.15) is 36.0 Å². The van der Waals surface area contributed by atoms with Crippen LogP contribution >= 0.6 is 0 Å². The van der Waals surface area contributed by atoms with Gasteiger partial charge in [0.2, 0.25) is 0 Å². The highest BCUT2D eigenvalue weighted by Gasteiger charge is 2.34. The van der Waals surface area contributed by atoms with Gasteiger partial charge >= 0.3 is 5.97 Å². The van der Waals surface area contributed by atoms with Crippen LogP contribution in [0, 0.1) is 22.0 Å². The molecule has 1 atom stereocenters. The van der Waals surface area contributed by atoms with Gasteiger partial charge in [0.25, 0.3) is 11.6 Å². The minimum absolute atomic E-state index is 0.109. The van der Waals surface area contributed by atoms with Gasteiger partial charge in [0.1, 0.15) is 0 Å². The van der Waals surface area contributed by atoms with Gasteiger partial charge in [-0.1, -0.05) is 18.3 Å². The number of nitro benzene ring substituents is 1. The van der Waals surface area contributed by atoms with Crippen molar-refractivity contribution in [3.63, 3.8) is 0 Å². The second-order valence-electron chi connectivity index (χ2n) is 6.94. The quantitative estimate of drug-likeness (QED) is 0.332. The molecule has 2 heterocycles. The van der Waals surface area contributed by atoms with E-state index >= 15 is 0 Å². The molecule has 28 heavy (non-hydrogen) atoms. The summed E-state index contributed by atoms with van der Waals surface area (Å²) >= 11 is 0. The smallest absolute Gasteiger partial charge is 0.338 e. The molecular weight excluding hydrogens is 362 g/mol. The molecule has 0 aromatic heterocycles. The second-order valence-corrected chi connectivity index (χ2v) is 6.94. The lowest BCUT2D eigenvalue weighted by Gasteiger charge is -2.23. The SMILES string of the molecule is O=C(OC1CCN(CC#CCN2CCCCC2)C1=O)c1ccc([N+](=O)[O-])cc1. The Bertz CT molecular complexity index is 790. The first-order chi connectivity index (χ1) is 13.5. The molecule has 2 aliphatic rings. The number of rotatable bonds is 5. The number of nitrogens with zero attached hydrogens (tertiary/aromatic N) is 3. The molecule has 2 saturated heterocycles. The molecule has 1 amide bonds. The van der Waals surface area contributed by atoms with E-state index in [0.29, 0.717) is 19.5 Å². The first kappa shape index (κ1) is 19.8. The number of ether oxygens (including phenoxy) is 1. The van der Waals surface area contributed by atoms with Crippen molar-refractivity contribution in [3.05, 3.63) is 39.9 Å². The Balaban J connectivity index is 1.47. The average Bonchev–Trinajstić information content (AvgIpc) is 3.05.